The molecule has 25 heavy (non-hydrogen) atoms. The second-order valence-electron chi connectivity index (χ2n) is 5.27. The first-order chi connectivity index (χ1) is 12.1. The minimum Gasteiger partial charge on any atom is -0.484 e. The van der Waals surface area contributed by atoms with Gasteiger partial charge in [-0.2, -0.15) is 0 Å². The van der Waals surface area contributed by atoms with Crippen molar-refractivity contribution in [3.63, 3.8) is 0 Å². The first-order valence-electron chi connectivity index (χ1n) is 7.59. The van der Waals surface area contributed by atoms with E-state index in [0.29, 0.717) is 5.75 Å². The maximum Gasteiger partial charge on any atom is 0.264 e. The summed E-state index contributed by atoms with van der Waals surface area (Å²) in [7, 11) is 0. The van der Waals surface area contributed by atoms with Crippen LogP contribution in [0.3, 0.4) is 0 Å². The second-order valence-corrected chi connectivity index (χ2v) is 6.60. The SMILES string of the molecule is O=C(COc1ccc(Br)cc1)NC(=S)Nc1cccc2ccccc12. The largest absolute Gasteiger partial charge is 0.484 e. The van der Waals surface area contributed by atoms with Gasteiger partial charge in [-0.1, -0.05) is 52.3 Å². The van der Waals surface area contributed by atoms with Gasteiger partial charge in [-0.3, -0.25) is 10.1 Å². The number of nitrogens with one attached hydrogen (secondary N) is 2. The summed E-state index contributed by atoms with van der Waals surface area (Å²) in [4.78, 5) is 12.0. The monoisotopic (exact) mass is 414 g/mol. The normalized spacial score (nSPS) is 10.3. The molecule has 0 atom stereocenters. The summed E-state index contributed by atoms with van der Waals surface area (Å²) in [6.45, 7) is -0.112. The van der Waals surface area contributed by atoms with Crippen molar-refractivity contribution >= 4 is 55.6 Å². The van der Waals surface area contributed by atoms with Crippen molar-refractivity contribution in [1.29, 1.82) is 0 Å². The van der Waals surface area contributed by atoms with Crippen molar-refractivity contribution in [2.45, 2.75) is 0 Å². The topological polar surface area (TPSA) is 50.4 Å². The zero-order valence-electron chi connectivity index (χ0n) is 13.2. The second kappa shape index (κ2) is 8.09. The van der Waals surface area contributed by atoms with E-state index in [-0.39, 0.29) is 17.6 Å². The minimum absolute atomic E-state index is 0.112. The summed E-state index contributed by atoms with van der Waals surface area (Å²) < 4.78 is 6.37. The number of hydrogen-bond donors (Lipinski definition) is 2. The Balaban J connectivity index is 1.56. The Bertz CT molecular complexity index is 907. The average molecular weight is 415 g/mol. The number of rotatable bonds is 4. The summed E-state index contributed by atoms with van der Waals surface area (Å²) in [5.41, 5.74) is 0.845. The van der Waals surface area contributed by atoms with Gasteiger partial charge < -0.3 is 10.1 Å². The summed E-state index contributed by atoms with van der Waals surface area (Å²) in [5, 5.41) is 8.05. The van der Waals surface area contributed by atoms with Crippen LogP contribution in [0.4, 0.5) is 5.69 Å². The summed E-state index contributed by atoms with van der Waals surface area (Å²) in [5.74, 6) is 0.298. The van der Waals surface area contributed by atoms with Crippen LogP contribution in [-0.4, -0.2) is 17.6 Å². The molecule has 126 valence electrons. The molecule has 4 nitrogen and oxygen atoms in total. The number of carbonyl (C=O) groups excluding carboxylic acids is 1. The molecule has 0 aliphatic rings. The predicted octanol–water partition coefficient (Wildman–Crippen LogP) is 4.49. The van der Waals surface area contributed by atoms with E-state index in [1.165, 1.54) is 0 Å². The predicted molar refractivity (Wildman–Crippen MR) is 108 cm³/mol. The van der Waals surface area contributed by atoms with Crippen molar-refractivity contribution in [3.8, 4) is 5.75 Å². The van der Waals surface area contributed by atoms with Crippen LogP contribution in [0.15, 0.2) is 71.2 Å². The third-order valence-corrected chi connectivity index (χ3v) is 4.21. The fourth-order valence-corrected chi connectivity index (χ4v) is 2.82. The van der Waals surface area contributed by atoms with Crippen LogP contribution in [0.25, 0.3) is 10.8 Å². The van der Waals surface area contributed by atoms with Crippen molar-refractivity contribution in [2.75, 3.05) is 11.9 Å². The number of benzene rings is 3. The molecule has 3 aromatic rings. The molecule has 0 radical (unpaired) electrons. The van der Waals surface area contributed by atoms with Crippen LogP contribution in [-0.2, 0) is 4.79 Å². The molecule has 0 aliphatic carbocycles. The Morgan fingerprint density at radius 1 is 1.00 bits per heavy atom. The van der Waals surface area contributed by atoms with Gasteiger partial charge in [0.25, 0.3) is 5.91 Å². The molecule has 0 spiro atoms. The molecule has 0 bridgehead atoms. The highest BCUT2D eigenvalue weighted by Gasteiger charge is 2.07. The number of carbonyl (C=O) groups is 1. The molecule has 0 fully saturated rings. The number of thiocarbonyl (C=S) groups is 1. The zero-order chi connectivity index (χ0) is 17.6. The number of amides is 1. The van der Waals surface area contributed by atoms with Crippen molar-refractivity contribution in [2.24, 2.45) is 0 Å². The van der Waals surface area contributed by atoms with E-state index in [0.717, 1.165) is 20.9 Å². The lowest BCUT2D eigenvalue weighted by Crippen LogP contribution is -2.37. The molecular formula is C19H15BrN2O2S. The van der Waals surface area contributed by atoms with Gasteiger partial charge in [0.05, 0.1) is 0 Å². The van der Waals surface area contributed by atoms with Crippen LogP contribution in [0.2, 0.25) is 0 Å². The highest BCUT2D eigenvalue weighted by Crippen LogP contribution is 2.22. The van der Waals surface area contributed by atoms with E-state index in [1.54, 1.807) is 12.1 Å². The van der Waals surface area contributed by atoms with Gasteiger partial charge >= 0.3 is 0 Å². The van der Waals surface area contributed by atoms with E-state index in [1.807, 2.05) is 54.6 Å². The molecule has 2 N–H and O–H groups in total. The molecule has 3 rings (SSSR count). The van der Waals surface area contributed by atoms with Crippen LogP contribution in [0.5, 0.6) is 5.75 Å². The molecule has 0 unspecified atom stereocenters. The molecule has 0 saturated carbocycles. The molecular weight excluding hydrogens is 400 g/mol. The number of hydrogen-bond acceptors (Lipinski definition) is 3. The summed E-state index contributed by atoms with van der Waals surface area (Å²) in [6.07, 6.45) is 0. The fourth-order valence-electron chi connectivity index (χ4n) is 2.33. The fraction of sp³-hybridized carbons (Fsp3) is 0.0526. The Kier molecular flexibility index (Phi) is 5.63. The van der Waals surface area contributed by atoms with Crippen molar-refractivity contribution in [3.05, 3.63) is 71.2 Å². The lowest BCUT2D eigenvalue weighted by Gasteiger charge is -2.12. The minimum atomic E-state index is -0.319. The van der Waals surface area contributed by atoms with Gasteiger partial charge in [-0.05, 0) is 47.9 Å². The maximum absolute atomic E-state index is 12.0. The van der Waals surface area contributed by atoms with Gasteiger partial charge in [0.2, 0.25) is 0 Å². The van der Waals surface area contributed by atoms with Gasteiger partial charge in [0.1, 0.15) is 5.75 Å². The number of anilines is 1. The smallest absolute Gasteiger partial charge is 0.264 e. The molecule has 0 aromatic heterocycles. The summed E-state index contributed by atoms with van der Waals surface area (Å²) >= 11 is 8.57. The van der Waals surface area contributed by atoms with Crippen molar-refractivity contribution < 1.29 is 9.53 Å². The number of ether oxygens (including phenoxy) is 1. The molecule has 6 heteroatoms. The highest BCUT2D eigenvalue weighted by atomic mass is 79.9. The summed E-state index contributed by atoms with van der Waals surface area (Å²) in [6, 6.07) is 21.1. The van der Waals surface area contributed by atoms with E-state index >= 15 is 0 Å². The zero-order valence-corrected chi connectivity index (χ0v) is 15.6. The third kappa shape index (κ3) is 4.78. The highest BCUT2D eigenvalue weighted by molar-refractivity contribution is 9.10. The maximum atomic E-state index is 12.0. The van der Waals surface area contributed by atoms with Crippen molar-refractivity contribution in [1.82, 2.24) is 5.32 Å². The molecule has 0 aliphatic heterocycles. The number of halogens is 1. The standard InChI is InChI=1S/C19H15BrN2O2S/c20-14-8-10-15(11-9-14)24-12-18(23)22-19(25)21-17-7-3-5-13-4-1-2-6-16(13)17/h1-11H,12H2,(H2,21,22,23,25). The molecule has 3 aromatic carbocycles. The van der Waals surface area contributed by atoms with Gasteiger partial charge in [-0.25, -0.2) is 0 Å². The molecule has 0 heterocycles. The molecule has 0 saturated heterocycles. The lowest BCUT2D eigenvalue weighted by molar-refractivity contribution is -0.121. The van der Waals surface area contributed by atoms with E-state index in [4.69, 9.17) is 17.0 Å². The Labute approximate surface area is 159 Å². The Morgan fingerprint density at radius 2 is 1.72 bits per heavy atom. The van der Waals surface area contributed by atoms with Crippen LogP contribution < -0.4 is 15.4 Å². The average Bonchev–Trinajstić information content (AvgIpc) is 2.61. The van der Waals surface area contributed by atoms with Crippen LogP contribution in [0, 0.1) is 0 Å². The Morgan fingerprint density at radius 3 is 2.52 bits per heavy atom. The van der Waals surface area contributed by atoms with Gasteiger partial charge in [0, 0.05) is 15.5 Å². The van der Waals surface area contributed by atoms with Gasteiger partial charge in [0.15, 0.2) is 11.7 Å². The molecule has 1 amide bonds. The van der Waals surface area contributed by atoms with Crippen LogP contribution in [0.1, 0.15) is 0 Å². The first kappa shape index (κ1) is 17.4. The van der Waals surface area contributed by atoms with E-state index < -0.39 is 0 Å². The lowest BCUT2D eigenvalue weighted by atomic mass is 10.1. The first-order valence-corrected chi connectivity index (χ1v) is 8.79. The third-order valence-electron chi connectivity index (χ3n) is 3.47. The Hall–Kier alpha value is -2.44. The van der Waals surface area contributed by atoms with Crippen LogP contribution >= 0.6 is 28.1 Å². The van der Waals surface area contributed by atoms with E-state index in [2.05, 4.69) is 26.6 Å². The van der Waals surface area contributed by atoms with E-state index in [9.17, 15) is 4.79 Å². The van der Waals surface area contributed by atoms with Gasteiger partial charge in [-0.15, -0.1) is 0 Å². The number of fused-ring (bicyclic) bond motifs is 1. The quantitative estimate of drug-likeness (QED) is 0.617.